The number of hydrogen-bond donors (Lipinski definition) is 0. The van der Waals surface area contributed by atoms with Crippen LogP contribution in [-0.4, -0.2) is 14.8 Å². The third kappa shape index (κ3) is 4.18. The van der Waals surface area contributed by atoms with E-state index in [4.69, 9.17) is 0 Å². The lowest BCUT2D eigenvalue weighted by Crippen LogP contribution is -2.05. The van der Waals surface area contributed by atoms with Gasteiger partial charge in [-0.2, -0.15) is 0 Å². The molecule has 3 nitrogen and oxygen atoms in total. The predicted octanol–water partition coefficient (Wildman–Crippen LogP) is 5.77. The maximum Gasteiger partial charge on any atom is 0.192 e. The number of thioether (sulfide) groups is 1. The van der Waals surface area contributed by atoms with E-state index in [9.17, 15) is 0 Å². The minimum Gasteiger partial charge on any atom is -0.306 e. The van der Waals surface area contributed by atoms with Crippen LogP contribution in [0.5, 0.6) is 0 Å². The van der Waals surface area contributed by atoms with E-state index in [0.717, 1.165) is 23.9 Å². The largest absolute Gasteiger partial charge is 0.306 e. The minimum atomic E-state index is 0.182. The summed E-state index contributed by atoms with van der Waals surface area (Å²) < 4.78 is 2.23. The van der Waals surface area contributed by atoms with Gasteiger partial charge in [0.15, 0.2) is 5.16 Å². The van der Waals surface area contributed by atoms with E-state index in [-0.39, 0.29) is 5.25 Å². The fourth-order valence-corrected chi connectivity index (χ4v) is 4.57. The quantitative estimate of drug-likeness (QED) is 0.378. The van der Waals surface area contributed by atoms with Crippen molar-refractivity contribution in [2.75, 3.05) is 0 Å². The summed E-state index contributed by atoms with van der Waals surface area (Å²) in [5, 5.41) is 10.2. The second-order valence-corrected chi connectivity index (χ2v) is 7.70. The Morgan fingerprint density at radius 1 is 0.750 bits per heavy atom. The summed E-state index contributed by atoms with van der Waals surface area (Å²) in [6.45, 7) is 3.01. The minimum absolute atomic E-state index is 0.182. The van der Waals surface area contributed by atoms with Crippen LogP contribution >= 0.6 is 11.8 Å². The molecule has 0 spiro atoms. The Kier molecular flexibility index (Phi) is 5.88. The standard InChI is InChI=1S/C24H23N3S/c1-2-27-22(18-19-12-6-3-7-13-19)25-26-24(27)28-23(20-14-8-4-9-15-20)21-16-10-5-11-17-21/h3-17,23H,2,18H2,1H3. The molecule has 0 N–H and O–H groups in total. The molecular formula is C24H23N3S. The van der Waals surface area contributed by atoms with Crippen molar-refractivity contribution in [2.45, 2.75) is 30.3 Å². The van der Waals surface area contributed by atoms with Crippen LogP contribution < -0.4 is 0 Å². The average Bonchev–Trinajstić information content (AvgIpc) is 3.15. The van der Waals surface area contributed by atoms with Gasteiger partial charge >= 0.3 is 0 Å². The number of rotatable bonds is 7. The van der Waals surface area contributed by atoms with Gasteiger partial charge < -0.3 is 4.57 Å². The number of hydrogen-bond acceptors (Lipinski definition) is 3. The van der Waals surface area contributed by atoms with Crippen LogP contribution in [0.25, 0.3) is 0 Å². The van der Waals surface area contributed by atoms with Crippen LogP contribution in [0.1, 0.15) is 34.7 Å². The summed E-state index contributed by atoms with van der Waals surface area (Å²) in [4.78, 5) is 0. The van der Waals surface area contributed by atoms with Gasteiger partial charge in [0.25, 0.3) is 0 Å². The maximum absolute atomic E-state index is 4.55. The van der Waals surface area contributed by atoms with Gasteiger partial charge in [-0.15, -0.1) is 10.2 Å². The second-order valence-electron chi connectivity index (χ2n) is 6.62. The lowest BCUT2D eigenvalue weighted by atomic mass is 10.0. The van der Waals surface area contributed by atoms with Crippen molar-refractivity contribution in [2.24, 2.45) is 0 Å². The Hall–Kier alpha value is -2.85. The molecule has 0 saturated carbocycles. The summed E-state index contributed by atoms with van der Waals surface area (Å²) in [7, 11) is 0. The molecule has 4 heteroatoms. The Morgan fingerprint density at radius 3 is 1.82 bits per heavy atom. The highest BCUT2D eigenvalue weighted by Gasteiger charge is 2.20. The van der Waals surface area contributed by atoms with Gasteiger partial charge in [-0.25, -0.2) is 0 Å². The maximum atomic E-state index is 4.55. The Bertz CT molecular complexity index is 958. The van der Waals surface area contributed by atoms with Gasteiger partial charge in [-0.3, -0.25) is 0 Å². The molecule has 4 rings (SSSR count). The van der Waals surface area contributed by atoms with Gasteiger partial charge in [-0.05, 0) is 23.6 Å². The monoisotopic (exact) mass is 385 g/mol. The molecule has 28 heavy (non-hydrogen) atoms. The van der Waals surface area contributed by atoms with E-state index in [1.165, 1.54) is 16.7 Å². The molecule has 0 aliphatic heterocycles. The number of nitrogens with zero attached hydrogens (tertiary/aromatic N) is 3. The molecule has 0 amide bonds. The summed E-state index contributed by atoms with van der Waals surface area (Å²) in [6, 6.07) is 31.7. The summed E-state index contributed by atoms with van der Waals surface area (Å²) in [5.74, 6) is 1.01. The van der Waals surface area contributed by atoms with Gasteiger partial charge in [0.2, 0.25) is 0 Å². The van der Waals surface area contributed by atoms with Gasteiger partial charge in [0.05, 0.1) is 5.25 Å². The van der Waals surface area contributed by atoms with Crippen LogP contribution in [-0.2, 0) is 13.0 Å². The van der Waals surface area contributed by atoms with Crippen molar-refractivity contribution < 1.29 is 0 Å². The van der Waals surface area contributed by atoms with E-state index < -0.39 is 0 Å². The Balaban J connectivity index is 1.66. The molecule has 0 saturated heterocycles. The molecular weight excluding hydrogens is 362 g/mol. The third-order valence-electron chi connectivity index (χ3n) is 4.74. The van der Waals surface area contributed by atoms with Crippen molar-refractivity contribution in [3.63, 3.8) is 0 Å². The van der Waals surface area contributed by atoms with Gasteiger partial charge in [-0.1, -0.05) is 103 Å². The van der Waals surface area contributed by atoms with E-state index in [2.05, 4.69) is 107 Å². The van der Waals surface area contributed by atoms with Gasteiger partial charge in [0.1, 0.15) is 5.82 Å². The van der Waals surface area contributed by atoms with Crippen LogP contribution in [0.15, 0.2) is 96.2 Å². The SMILES string of the molecule is CCn1c(Cc2ccccc2)nnc1SC(c1ccccc1)c1ccccc1. The molecule has 4 aromatic rings. The topological polar surface area (TPSA) is 30.7 Å². The van der Waals surface area contributed by atoms with Crippen molar-refractivity contribution in [3.05, 3.63) is 114 Å². The fourth-order valence-electron chi connectivity index (χ4n) is 3.32. The summed E-state index contributed by atoms with van der Waals surface area (Å²) >= 11 is 1.77. The normalized spacial score (nSPS) is 11.1. The van der Waals surface area contributed by atoms with Crippen molar-refractivity contribution in [1.29, 1.82) is 0 Å². The molecule has 0 aliphatic rings. The molecule has 0 atom stereocenters. The van der Waals surface area contributed by atoms with Crippen molar-refractivity contribution >= 4 is 11.8 Å². The Morgan fingerprint density at radius 2 is 1.29 bits per heavy atom. The zero-order valence-corrected chi connectivity index (χ0v) is 16.7. The highest BCUT2D eigenvalue weighted by atomic mass is 32.2. The van der Waals surface area contributed by atoms with Crippen molar-refractivity contribution in [1.82, 2.24) is 14.8 Å². The molecule has 0 bridgehead atoms. The molecule has 0 radical (unpaired) electrons. The second kappa shape index (κ2) is 8.89. The van der Waals surface area contributed by atoms with Crippen LogP contribution in [0, 0.1) is 0 Å². The average molecular weight is 386 g/mol. The van der Waals surface area contributed by atoms with Crippen LogP contribution in [0.2, 0.25) is 0 Å². The van der Waals surface area contributed by atoms with E-state index in [1.54, 1.807) is 11.8 Å². The molecule has 0 unspecified atom stereocenters. The number of benzene rings is 3. The number of aromatic nitrogens is 3. The summed E-state index contributed by atoms with van der Waals surface area (Å²) in [6.07, 6.45) is 0.795. The first-order valence-corrected chi connectivity index (χ1v) is 10.5. The summed E-state index contributed by atoms with van der Waals surface area (Å²) in [5.41, 5.74) is 3.80. The molecule has 0 fully saturated rings. The lowest BCUT2D eigenvalue weighted by Gasteiger charge is -2.17. The zero-order valence-electron chi connectivity index (χ0n) is 15.9. The molecule has 1 heterocycles. The fraction of sp³-hybridized carbons (Fsp3) is 0.167. The lowest BCUT2D eigenvalue weighted by molar-refractivity contribution is 0.650. The van der Waals surface area contributed by atoms with Crippen LogP contribution in [0.3, 0.4) is 0 Å². The van der Waals surface area contributed by atoms with E-state index in [1.807, 2.05) is 6.07 Å². The molecule has 1 aromatic heterocycles. The highest BCUT2D eigenvalue weighted by molar-refractivity contribution is 7.99. The smallest absolute Gasteiger partial charge is 0.192 e. The zero-order chi connectivity index (χ0) is 19.2. The first kappa shape index (κ1) is 18.5. The predicted molar refractivity (Wildman–Crippen MR) is 116 cm³/mol. The van der Waals surface area contributed by atoms with E-state index >= 15 is 0 Å². The Labute approximate surface area is 170 Å². The van der Waals surface area contributed by atoms with Gasteiger partial charge in [0, 0.05) is 13.0 Å². The first-order chi connectivity index (χ1) is 13.8. The van der Waals surface area contributed by atoms with Crippen LogP contribution in [0.4, 0.5) is 0 Å². The van der Waals surface area contributed by atoms with E-state index in [0.29, 0.717) is 0 Å². The first-order valence-electron chi connectivity index (χ1n) is 9.57. The molecule has 140 valence electrons. The molecule has 0 aliphatic carbocycles. The van der Waals surface area contributed by atoms with Crippen molar-refractivity contribution in [3.8, 4) is 0 Å². The highest BCUT2D eigenvalue weighted by Crippen LogP contribution is 2.39. The third-order valence-corrected chi connectivity index (χ3v) is 6.04. The molecule has 3 aromatic carbocycles.